The molecule has 154 valence electrons. The molecule has 0 saturated carbocycles. The van der Waals surface area contributed by atoms with Crippen molar-refractivity contribution < 1.29 is 18.0 Å². The summed E-state index contributed by atoms with van der Waals surface area (Å²) in [6.45, 7) is 2.08. The molecule has 0 aromatic carbocycles. The molecule has 0 saturated heterocycles. The number of thiophene rings is 1. The maximum absolute atomic E-state index is 12.7. The zero-order valence-electron chi connectivity index (χ0n) is 16.1. The van der Waals surface area contributed by atoms with Crippen molar-refractivity contribution in [1.29, 1.82) is 0 Å². The van der Waals surface area contributed by atoms with Gasteiger partial charge in [0.25, 0.3) is 5.91 Å². The quantitative estimate of drug-likeness (QED) is 0.657. The molecule has 0 fully saturated rings. The van der Waals surface area contributed by atoms with Crippen LogP contribution in [0.15, 0.2) is 41.4 Å². The van der Waals surface area contributed by atoms with E-state index in [4.69, 9.17) is 0 Å². The van der Waals surface area contributed by atoms with Gasteiger partial charge in [-0.3, -0.25) is 4.79 Å². The Hall–Kier alpha value is -2.72. The minimum absolute atomic E-state index is 0.0251. The van der Waals surface area contributed by atoms with Crippen LogP contribution in [0.5, 0.6) is 0 Å². The number of nitrogens with one attached hydrogen (secondary N) is 1. The Morgan fingerprint density at radius 1 is 1.28 bits per heavy atom. The summed E-state index contributed by atoms with van der Waals surface area (Å²) in [5.74, 6) is -0.0956. The van der Waals surface area contributed by atoms with Gasteiger partial charge in [0, 0.05) is 12.7 Å². The van der Waals surface area contributed by atoms with Gasteiger partial charge >= 0.3 is 6.18 Å². The Morgan fingerprint density at radius 2 is 2.03 bits per heavy atom. The molecule has 0 aliphatic heterocycles. The van der Waals surface area contributed by atoms with E-state index in [9.17, 15) is 18.0 Å². The Morgan fingerprint density at radius 3 is 2.59 bits per heavy atom. The number of amides is 1. The van der Waals surface area contributed by atoms with Crippen molar-refractivity contribution in [3.8, 4) is 5.82 Å². The zero-order valence-corrected chi connectivity index (χ0v) is 16.9. The maximum atomic E-state index is 12.7. The Labute approximate surface area is 170 Å². The standard InChI is InChI=1S/C19H20F3N5OS/c1-12-15(18(28)24-10-16(26(2)3)13-6-7-29-11-13)9-25-27(12)17-5-4-14(8-23-17)19(20,21)22/h4-9,11,16H,10H2,1-3H3,(H,24,28)/t16-/m0/s1. The van der Waals surface area contributed by atoms with Gasteiger partial charge in [-0.1, -0.05) is 0 Å². The second kappa shape index (κ2) is 8.34. The van der Waals surface area contributed by atoms with Crippen LogP contribution in [-0.2, 0) is 6.18 Å². The summed E-state index contributed by atoms with van der Waals surface area (Å²) in [6.07, 6.45) is -2.32. The first-order valence-corrected chi connectivity index (χ1v) is 9.67. The molecule has 6 nitrogen and oxygen atoms in total. The van der Waals surface area contributed by atoms with Crippen LogP contribution >= 0.6 is 11.3 Å². The zero-order chi connectivity index (χ0) is 21.2. The second-order valence-corrected chi connectivity index (χ2v) is 7.48. The molecule has 0 unspecified atom stereocenters. The third-order valence-corrected chi connectivity index (χ3v) is 5.26. The minimum Gasteiger partial charge on any atom is -0.350 e. The van der Waals surface area contributed by atoms with Crippen LogP contribution in [0.2, 0.25) is 0 Å². The molecule has 1 atom stereocenters. The summed E-state index contributed by atoms with van der Waals surface area (Å²) >= 11 is 1.59. The van der Waals surface area contributed by atoms with Crippen LogP contribution in [-0.4, -0.2) is 46.2 Å². The number of hydrogen-bond acceptors (Lipinski definition) is 5. The fourth-order valence-electron chi connectivity index (χ4n) is 2.89. The fourth-order valence-corrected chi connectivity index (χ4v) is 3.60. The van der Waals surface area contributed by atoms with Crippen molar-refractivity contribution in [1.82, 2.24) is 25.0 Å². The number of aromatic nitrogens is 3. The molecular formula is C19H20F3N5OS. The van der Waals surface area contributed by atoms with Crippen LogP contribution < -0.4 is 5.32 Å². The topological polar surface area (TPSA) is 63.1 Å². The smallest absolute Gasteiger partial charge is 0.350 e. The summed E-state index contributed by atoms with van der Waals surface area (Å²) in [4.78, 5) is 18.5. The van der Waals surface area contributed by atoms with Gasteiger partial charge in [-0.05, 0) is 55.5 Å². The van der Waals surface area contributed by atoms with Crippen LogP contribution in [0.4, 0.5) is 13.2 Å². The highest BCUT2D eigenvalue weighted by Gasteiger charge is 2.31. The van der Waals surface area contributed by atoms with E-state index in [1.54, 1.807) is 18.3 Å². The molecule has 3 heterocycles. The highest BCUT2D eigenvalue weighted by atomic mass is 32.1. The van der Waals surface area contributed by atoms with Gasteiger partial charge in [0.15, 0.2) is 5.82 Å². The summed E-state index contributed by atoms with van der Waals surface area (Å²) < 4.78 is 39.4. The lowest BCUT2D eigenvalue weighted by molar-refractivity contribution is -0.137. The molecule has 29 heavy (non-hydrogen) atoms. The SMILES string of the molecule is Cc1c(C(=O)NC[C@@H](c2ccsc2)N(C)C)cnn1-c1ccc(C(F)(F)F)cn1. The van der Waals surface area contributed by atoms with Crippen LogP contribution in [0.1, 0.15) is 33.2 Å². The largest absolute Gasteiger partial charge is 0.417 e. The van der Waals surface area contributed by atoms with Crippen LogP contribution in [0.3, 0.4) is 0 Å². The monoisotopic (exact) mass is 423 g/mol. The summed E-state index contributed by atoms with van der Waals surface area (Å²) in [6, 6.07) is 4.20. The van der Waals surface area contributed by atoms with E-state index in [0.717, 1.165) is 17.8 Å². The number of alkyl halides is 3. The summed E-state index contributed by atoms with van der Waals surface area (Å²) in [5, 5.41) is 11.0. The first-order chi connectivity index (χ1) is 13.7. The van der Waals surface area contributed by atoms with E-state index in [1.165, 1.54) is 16.9 Å². The molecule has 0 aliphatic rings. The Bertz CT molecular complexity index is 965. The molecular weight excluding hydrogens is 403 g/mol. The minimum atomic E-state index is -4.46. The van der Waals surface area contributed by atoms with E-state index >= 15 is 0 Å². The third kappa shape index (κ3) is 4.65. The molecule has 1 amide bonds. The molecule has 0 radical (unpaired) electrons. The average molecular weight is 423 g/mol. The normalized spacial score (nSPS) is 12.9. The van der Waals surface area contributed by atoms with Gasteiger partial charge in [-0.15, -0.1) is 0 Å². The van der Waals surface area contributed by atoms with Gasteiger partial charge in [0.05, 0.1) is 29.1 Å². The Kier molecular flexibility index (Phi) is 6.04. The number of carbonyl (C=O) groups is 1. The lowest BCUT2D eigenvalue weighted by Gasteiger charge is -2.24. The van der Waals surface area contributed by atoms with Gasteiger partial charge in [0.2, 0.25) is 0 Å². The number of carbonyl (C=O) groups excluding carboxylic acids is 1. The molecule has 0 bridgehead atoms. The van der Waals surface area contributed by atoms with Crippen molar-refractivity contribution in [3.05, 3.63) is 63.7 Å². The number of halogens is 3. The van der Waals surface area contributed by atoms with E-state index in [2.05, 4.69) is 15.4 Å². The number of nitrogens with zero attached hydrogens (tertiary/aromatic N) is 4. The number of pyridine rings is 1. The molecule has 1 N–H and O–H groups in total. The van der Waals surface area contributed by atoms with Crippen molar-refractivity contribution in [2.24, 2.45) is 0 Å². The first-order valence-electron chi connectivity index (χ1n) is 8.73. The Balaban J connectivity index is 1.74. The second-order valence-electron chi connectivity index (χ2n) is 6.70. The van der Waals surface area contributed by atoms with Crippen molar-refractivity contribution in [2.75, 3.05) is 20.6 Å². The van der Waals surface area contributed by atoms with Crippen molar-refractivity contribution in [3.63, 3.8) is 0 Å². The van der Waals surface area contributed by atoms with E-state index in [-0.39, 0.29) is 17.8 Å². The highest BCUT2D eigenvalue weighted by molar-refractivity contribution is 7.07. The van der Waals surface area contributed by atoms with E-state index < -0.39 is 11.7 Å². The first kappa shape index (κ1) is 21.0. The lowest BCUT2D eigenvalue weighted by atomic mass is 10.1. The lowest BCUT2D eigenvalue weighted by Crippen LogP contribution is -2.34. The highest BCUT2D eigenvalue weighted by Crippen LogP contribution is 2.29. The van der Waals surface area contributed by atoms with Crippen LogP contribution in [0.25, 0.3) is 5.82 Å². The molecule has 10 heteroatoms. The van der Waals surface area contributed by atoms with Crippen molar-refractivity contribution in [2.45, 2.75) is 19.1 Å². The third-order valence-electron chi connectivity index (χ3n) is 4.55. The van der Waals surface area contributed by atoms with Gasteiger partial charge < -0.3 is 10.2 Å². The maximum Gasteiger partial charge on any atom is 0.417 e. The molecule has 3 aromatic heterocycles. The van der Waals surface area contributed by atoms with Crippen LogP contribution in [0, 0.1) is 6.92 Å². The number of rotatable bonds is 6. The predicted molar refractivity (Wildman–Crippen MR) is 104 cm³/mol. The van der Waals surface area contributed by atoms with Gasteiger partial charge in [-0.2, -0.15) is 29.6 Å². The van der Waals surface area contributed by atoms with Crippen molar-refractivity contribution >= 4 is 17.2 Å². The predicted octanol–water partition coefficient (Wildman–Crippen LogP) is 3.69. The van der Waals surface area contributed by atoms with Gasteiger partial charge in [0.1, 0.15) is 0 Å². The average Bonchev–Trinajstić information content (AvgIpc) is 3.31. The van der Waals surface area contributed by atoms with E-state index in [0.29, 0.717) is 17.8 Å². The number of likely N-dealkylation sites (N-methyl/N-ethyl adjacent to an activating group) is 1. The number of hydrogen-bond donors (Lipinski definition) is 1. The van der Waals surface area contributed by atoms with E-state index in [1.807, 2.05) is 35.8 Å². The summed E-state index contributed by atoms with van der Waals surface area (Å²) in [7, 11) is 3.88. The summed E-state index contributed by atoms with van der Waals surface area (Å²) in [5.41, 5.74) is 1.11. The fraction of sp³-hybridized carbons (Fsp3) is 0.316. The molecule has 3 rings (SSSR count). The molecule has 0 spiro atoms. The molecule has 3 aromatic rings. The molecule has 0 aliphatic carbocycles. The van der Waals surface area contributed by atoms with Gasteiger partial charge in [-0.25, -0.2) is 9.67 Å².